The van der Waals surface area contributed by atoms with Gasteiger partial charge in [0.2, 0.25) is 5.91 Å². The van der Waals surface area contributed by atoms with E-state index >= 15 is 0 Å². The molecule has 3 rings (SSSR count). The SMILES string of the molecule is CCC(C)NC(=O)C1CC(c2ccccc2)CN(C(=O)c2ccc(OC)c(OC)c2)C1. The standard InChI is InChI=1S/C25H32N2O4/c1-5-17(2)26-24(28)21-13-20(18-9-7-6-8-10-18)15-27(16-21)25(29)19-11-12-22(30-3)23(14-19)31-4/h6-12,14,17,20-21H,5,13,15-16H2,1-4H3,(H,26,28). The maximum atomic E-state index is 13.4. The second-order valence-corrected chi connectivity index (χ2v) is 8.14. The molecule has 0 aliphatic carbocycles. The van der Waals surface area contributed by atoms with Crippen molar-refractivity contribution in [2.24, 2.45) is 5.92 Å². The van der Waals surface area contributed by atoms with Crippen LogP contribution in [0.4, 0.5) is 0 Å². The molecule has 166 valence electrons. The fourth-order valence-electron chi connectivity index (χ4n) is 4.04. The number of carbonyl (C=O) groups is 2. The van der Waals surface area contributed by atoms with Gasteiger partial charge in [0.05, 0.1) is 20.1 Å². The summed E-state index contributed by atoms with van der Waals surface area (Å²) in [6.45, 7) is 5.02. The Morgan fingerprint density at radius 1 is 1.06 bits per heavy atom. The third-order valence-electron chi connectivity index (χ3n) is 6.01. The summed E-state index contributed by atoms with van der Waals surface area (Å²) >= 11 is 0. The Labute approximate surface area is 184 Å². The molecule has 1 aliphatic rings. The predicted octanol–water partition coefficient (Wildman–Crippen LogP) is 3.86. The van der Waals surface area contributed by atoms with Crippen LogP contribution in [-0.4, -0.2) is 50.1 Å². The zero-order chi connectivity index (χ0) is 22.4. The number of amides is 2. The van der Waals surface area contributed by atoms with Crippen molar-refractivity contribution in [2.45, 2.75) is 38.6 Å². The number of carbonyl (C=O) groups excluding carboxylic acids is 2. The Morgan fingerprint density at radius 2 is 1.77 bits per heavy atom. The topological polar surface area (TPSA) is 67.9 Å². The Hall–Kier alpha value is -3.02. The molecule has 1 fully saturated rings. The quantitative estimate of drug-likeness (QED) is 0.733. The predicted molar refractivity (Wildman–Crippen MR) is 121 cm³/mol. The Balaban J connectivity index is 1.86. The highest BCUT2D eigenvalue weighted by Crippen LogP contribution is 2.33. The van der Waals surface area contributed by atoms with Gasteiger partial charge in [-0.1, -0.05) is 37.3 Å². The molecular weight excluding hydrogens is 392 g/mol. The van der Waals surface area contributed by atoms with Crippen LogP contribution in [0.2, 0.25) is 0 Å². The molecule has 2 aromatic carbocycles. The van der Waals surface area contributed by atoms with Gasteiger partial charge in [0.15, 0.2) is 11.5 Å². The molecule has 0 saturated carbocycles. The summed E-state index contributed by atoms with van der Waals surface area (Å²) in [7, 11) is 3.11. The van der Waals surface area contributed by atoms with Crippen molar-refractivity contribution in [3.8, 4) is 11.5 Å². The Kier molecular flexibility index (Phi) is 7.55. The second-order valence-electron chi connectivity index (χ2n) is 8.14. The van der Waals surface area contributed by atoms with Crippen molar-refractivity contribution >= 4 is 11.8 Å². The van der Waals surface area contributed by atoms with Gasteiger partial charge < -0.3 is 19.7 Å². The number of likely N-dealkylation sites (tertiary alicyclic amines) is 1. The molecule has 1 aliphatic heterocycles. The van der Waals surface area contributed by atoms with E-state index in [0.717, 1.165) is 18.4 Å². The van der Waals surface area contributed by atoms with E-state index in [2.05, 4.69) is 17.4 Å². The summed E-state index contributed by atoms with van der Waals surface area (Å²) in [4.78, 5) is 28.1. The van der Waals surface area contributed by atoms with Crippen molar-refractivity contribution < 1.29 is 19.1 Å². The molecule has 0 spiro atoms. The highest BCUT2D eigenvalue weighted by Gasteiger charge is 2.35. The van der Waals surface area contributed by atoms with Gasteiger partial charge in [-0.25, -0.2) is 0 Å². The van der Waals surface area contributed by atoms with Gasteiger partial charge >= 0.3 is 0 Å². The number of piperidine rings is 1. The Morgan fingerprint density at radius 3 is 2.42 bits per heavy atom. The van der Waals surface area contributed by atoms with Crippen LogP contribution in [0, 0.1) is 5.92 Å². The first-order chi connectivity index (χ1) is 15.0. The zero-order valence-corrected chi connectivity index (χ0v) is 18.8. The number of nitrogens with one attached hydrogen (secondary N) is 1. The number of nitrogens with zero attached hydrogens (tertiary/aromatic N) is 1. The molecular formula is C25H32N2O4. The van der Waals surface area contributed by atoms with Crippen molar-refractivity contribution in [3.05, 3.63) is 59.7 Å². The van der Waals surface area contributed by atoms with Gasteiger partial charge in [0.25, 0.3) is 5.91 Å². The largest absolute Gasteiger partial charge is 0.493 e. The highest BCUT2D eigenvalue weighted by atomic mass is 16.5. The normalized spacial score (nSPS) is 19.4. The summed E-state index contributed by atoms with van der Waals surface area (Å²) in [5.74, 6) is 0.841. The average molecular weight is 425 g/mol. The van der Waals surface area contributed by atoms with Crippen LogP contribution in [0.5, 0.6) is 11.5 Å². The van der Waals surface area contributed by atoms with Crippen molar-refractivity contribution in [1.29, 1.82) is 0 Å². The summed E-state index contributed by atoms with van der Waals surface area (Å²) in [6.07, 6.45) is 1.59. The van der Waals surface area contributed by atoms with Gasteiger partial charge in [0, 0.05) is 30.6 Å². The van der Waals surface area contributed by atoms with Crippen molar-refractivity contribution in [1.82, 2.24) is 10.2 Å². The lowest BCUT2D eigenvalue weighted by Gasteiger charge is -2.38. The number of hydrogen-bond donors (Lipinski definition) is 1. The van der Waals surface area contributed by atoms with Gasteiger partial charge in [-0.05, 0) is 43.5 Å². The van der Waals surface area contributed by atoms with Crippen LogP contribution in [0.1, 0.15) is 48.5 Å². The molecule has 1 saturated heterocycles. The third-order valence-corrected chi connectivity index (χ3v) is 6.01. The van der Waals surface area contributed by atoms with Gasteiger partial charge in [-0.2, -0.15) is 0 Å². The van der Waals surface area contributed by atoms with E-state index in [1.165, 1.54) is 0 Å². The molecule has 2 aromatic rings. The van der Waals surface area contributed by atoms with Gasteiger partial charge in [0.1, 0.15) is 0 Å². The molecule has 2 amide bonds. The molecule has 0 aromatic heterocycles. The summed E-state index contributed by atoms with van der Waals surface area (Å²) in [5, 5.41) is 3.09. The van der Waals surface area contributed by atoms with E-state index < -0.39 is 0 Å². The molecule has 6 heteroatoms. The van der Waals surface area contributed by atoms with Gasteiger partial charge in [-0.15, -0.1) is 0 Å². The lowest BCUT2D eigenvalue weighted by Crippen LogP contribution is -2.49. The smallest absolute Gasteiger partial charge is 0.254 e. The number of benzene rings is 2. The van der Waals surface area contributed by atoms with Crippen LogP contribution in [-0.2, 0) is 4.79 Å². The second kappa shape index (κ2) is 10.3. The number of ether oxygens (including phenoxy) is 2. The first-order valence-electron chi connectivity index (χ1n) is 10.8. The highest BCUT2D eigenvalue weighted by molar-refractivity contribution is 5.95. The minimum Gasteiger partial charge on any atom is -0.493 e. The molecule has 31 heavy (non-hydrogen) atoms. The van der Waals surface area contributed by atoms with Crippen LogP contribution in [0.25, 0.3) is 0 Å². The number of methoxy groups -OCH3 is 2. The van der Waals surface area contributed by atoms with Crippen LogP contribution >= 0.6 is 0 Å². The van der Waals surface area contributed by atoms with Crippen LogP contribution < -0.4 is 14.8 Å². The van der Waals surface area contributed by atoms with E-state index in [0.29, 0.717) is 30.2 Å². The summed E-state index contributed by atoms with van der Waals surface area (Å²) in [6, 6.07) is 15.4. The first-order valence-corrected chi connectivity index (χ1v) is 10.8. The Bertz CT molecular complexity index is 900. The van der Waals surface area contributed by atoms with E-state index in [9.17, 15) is 9.59 Å². The fraction of sp³-hybridized carbons (Fsp3) is 0.440. The molecule has 1 heterocycles. The van der Waals surface area contributed by atoms with E-state index in [-0.39, 0.29) is 29.7 Å². The van der Waals surface area contributed by atoms with Crippen LogP contribution in [0.15, 0.2) is 48.5 Å². The molecule has 1 N–H and O–H groups in total. The molecule has 0 bridgehead atoms. The van der Waals surface area contributed by atoms with Crippen LogP contribution in [0.3, 0.4) is 0 Å². The third kappa shape index (κ3) is 5.37. The number of hydrogen-bond acceptors (Lipinski definition) is 4. The zero-order valence-electron chi connectivity index (χ0n) is 18.8. The lowest BCUT2D eigenvalue weighted by molar-refractivity contribution is -0.127. The van der Waals surface area contributed by atoms with Crippen molar-refractivity contribution in [2.75, 3.05) is 27.3 Å². The first kappa shape index (κ1) is 22.7. The molecule has 3 unspecified atom stereocenters. The van der Waals surface area contributed by atoms with Gasteiger partial charge in [-0.3, -0.25) is 9.59 Å². The fourth-order valence-corrected chi connectivity index (χ4v) is 4.04. The maximum absolute atomic E-state index is 13.4. The molecule has 0 radical (unpaired) electrons. The lowest BCUT2D eigenvalue weighted by atomic mass is 9.83. The molecule has 6 nitrogen and oxygen atoms in total. The minimum absolute atomic E-state index is 0.0140. The average Bonchev–Trinajstić information content (AvgIpc) is 2.83. The summed E-state index contributed by atoms with van der Waals surface area (Å²) in [5.41, 5.74) is 1.67. The number of rotatable bonds is 7. The minimum atomic E-state index is -0.253. The summed E-state index contributed by atoms with van der Waals surface area (Å²) < 4.78 is 10.6. The van der Waals surface area contributed by atoms with E-state index in [4.69, 9.17) is 9.47 Å². The monoisotopic (exact) mass is 424 g/mol. The maximum Gasteiger partial charge on any atom is 0.254 e. The van der Waals surface area contributed by atoms with Crippen molar-refractivity contribution in [3.63, 3.8) is 0 Å². The van der Waals surface area contributed by atoms with E-state index in [1.54, 1.807) is 37.3 Å². The molecule has 3 atom stereocenters. The van der Waals surface area contributed by atoms with E-state index in [1.807, 2.05) is 32.0 Å².